The topological polar surface area (TPSA) is 78.4 Å². The van der Waals surface area contributed by atoms with Gasteiger partial charge in [-0.05, 0) is 53.9 Å². The van der Waals surface area contributed by atoms with Crippen molar-refractivity contribution in [3.63, 3.8) is 0 Å². The number of guanidine groups is 1. The molecule has 9 heteroatoms. The Morgan fingerprint density at radius 1 is 1.10 bits per heavy atom. The molecule has 1 atom stereocenters. The van der Waals surface area contributed by atoms with Crippen LogP contribution < -0.4 is 10.6 Å². The molecule has 0 aliphatic carbocycles. The van der Waals surface area contributed by atoms with Gasteiger partial charge in [0.05, 0.1) is 19.3 Å². The molecule has 2 rings (SSSR count). The van der Waals surface area contributed by atoms with Crippen molar-refractivity contribution in [2.24, 2.45) is 4.99 Å². The Labute approximate surface area is 199 Å². The van der Waals surface area contributed by atoms with E-state index in [-0.39, 0.29) is 41.7 Å². The van der Waals surface area contributed by atoms with Gasteiger partial charge in [0, 0.05) is 45.3 Å². The first-order valence-electron chi connectivity index (χ1n) is 10.9. The Morgan fingerprint density at radius 2 is 1.77 bits per heavy atom. The van der Waals surface area contributed by atoms with Gasteiger partial charge in [-0.2, -0.15) is 0 Å². The maximum absolute atomic E-state index is 12.6. The highest BCUT2D eigenvalue weighted by atomic mass is 127. The first-order chi connectivity index (χ1) is 13.6. The number of likely N-dealkylation sites (tertiary alicyclic amines) is 1. The number of hydrogen-bond acceptors (Lipinski definition) is 5. The second-order valence-corrected chi connectivity index (χ2v) is 9.54. The minimum absolute atomic E-state index is 0. The highest BCUT2D eigenvalue weighted by Gasteiger charge is 2.31. The summed E-state index contributed by atoms with van der Waals surface area (Å²) in [6.45, 7) is 15.9. The molecule has 8 nitrogen and oxygen atoms in total. The van der Waals surface area contributed by atoms with Crippen molar-refractivity contribution in [1.29, 1.82) is 0 Å². The largest absolute Gasteiger partial charge is 0.444 e. The lowest BCUT2D eigenvalue weighted by atomic mass is 10.0. The standard InChI is InChI=1S/C21H41N5O3.HI/c1-20(2,3)29-19(27)26-10-8-7-9-17(26)15-23-18(22-6)24-16-21(4,5)25-11-13-28-14-12-25;/h17H,7-16H2,1-6H3,(H2,22,23,24);1H. The molecule has 2 fully saturated rings. The van der Waals surface area contributed by atoms with Gasteiger partial charge in [0.1, 0.15) is 5.60 Å². The number of ether oxygens (including phenoxy) is 2. The molecule has 0 aromatic heterocycles. The summed E-state index contributed by atoms with van der Waals surface area (Å²) >= 11 is 0. The van der Waals surface area contributed by atoms with Crippen molar-refractivity contribution in [1.82, 2.24) is 20.4 Å². The Kier molecular flexibility index (Phi) is 11.1. The van der Waals surface area contributed by atoms with Crippen molar-refractivity contribution in [3.05, 3.63) is 0 Å². The third kappa shape index (κ3) is 8.74. The van der Waals surface area contributed by atoms with Gasteiger partial charge in [-0.15, -0.1) is 24.0 Å². The van der Waals surface area contributed by atoms with Crippen LogP contribution in [0.15, 0.2) is 4.99 Å². The molecule has 1 unspecified atom stereocenters. The predicted octanol–water partition coefficient (Wildman–Crippen LogP) is 2.67. The highest BCUT2D eigenvalue weighted by Crippen LogP contribution is 2.20. The van der Waals surface area contributed by atoms with Gasteiger partial charge >= 0.3 is 6.09 Å². The number of nitrogens with one attached hydrogen (secondary N) is 2. The van der Waals surface area contributed by atoms with E-state index in [0.29, 0.717) is 6.54 Å². The van der Waals surface area contributed by atoms with E-state index in [9.17, 15) is 4.79 Å². The number of hydrogen-bond donors (Lipinski definition) is 2. The second kappa shape index (κ2) is 12.3. The van der Waals surface area contributed by atoms with E-state index in [1.807, 2.05) is 25.7 Å². The van der Waals surface area contributed by atoms with Gasteiger partial charge in [-0.3, -0.25) is 9.89 Å². The van der Waals surface area contributed by atoms with Crippen LogP contribution in [0, 0.1) is 0 Å². The van der Waals surface area contributed by atoms with Gasteiger partial charge in [0.15, 0.2) is 5.96 Å². The minimum Gasteiger partial charge on any atom is -0.444 e. The smallest absolute Gasteiger partial charge is 0.410 e. The van der Waals surface area contributed by atoms with Crippen molar-refractivity contribution in [2.45, 2.75) is 71.1 Å². The molecule has 1 amide bonds. The van der Waals surface area contributed by atoms with Gasteiger partial charge in [-0.1, -0.05) is 0 Å². The Morgan fingerprint density at radius 3 is 2.37 bits per heavy atom. The third-order valence-electron chi connectivity index (χ3n) is 5.54. The number of piperidine rings is 1. The summed E-state index contributed by atoms with van der Waals surface area (Å²) in [6, 6.07) is 0.115. The van der Waals surface area contributed by atoms with Crippen LogP contribution >= 0.6 is 24.0 Å². The fourth-order valence-electron chi connectivity index (χ4n) is 3.79. The van der Waals surface area contributed by atoms with E-state index >= 15 is 0 Å². The predicted molar refractivity (Wildman–Crippen MR) is 132 cm³/mol. The number of amides is 1. The molecule has 0 aromatic rings. The fraction of sp³-hybridized carbons (Fsp3) is 0.905. The van der Waals surface area contributed by atoms with E-state index < -0.39 is 5.60 Å². The first kappa shape index (κ1) is 27.2. The van der Waals surface area contributed by atoms with Crippen LogP contribution in [0.1, 0.15) is 53.9 Å². The van der Waals surface area contributed by atoms with Crippen molar-refractivity contribution in [2.75, 3.05) is 53.0 Å². The summed E-state index contributed by atoms with van der Waals surface area (Å²) in [5, 5.41) is 6.86. The van der Waals surface area contributed by atoms with Gasteiger partial charge in [0.25, 0.3) is 0 Å². The molecule has 2 aliphatic rings. The van der Waals surface area contributed by atoms with Crippen LogP contribution in [0.3, 0.4) is 0 Å². The number of rotatable bonds is 5. The number of aliphatic imine (C=N–C) groups is 1. The molecular formula is C21H42IN5O3. The van der Waals surface area contributed by atoms with Gasteiger partial charge < -0.3 is 25.0 Å². The zero-order valence-corrected chi connectivity index (χ0v) is 22.0. The van der Waals surface area contributed by atoms with E-state index in [0.717, 1.165) is 64.6 Å². The average Bonchev–Trinajstić information content (AvgIpc) is 2.67. The summed E-state index contributed by atoms with van der Waals surface area (Å²) in [7, 11) is 1.78. The quantitative estimate of drug-likeness (QED) is 0.318. The number of nitrogens with zero attached hydrogens (tertiary/aromatic N) is 3. The number of carbonyl (C=O) groups excluding carboxylic acids is 1. The lowest BCUT2D eigenvalue weighted by Gasteiger charge is -2.41. The maximum atomic E-state index is 12.6. The molecule has 2 aliphatic heterocycles. The fourth-order valence-corrected chi connectivity index (χ4v) is 3.79. The molecule has 2 heterocycles. The summed E-state index contributed by atoms with van der Waals surface area (Å²) in [6.07, 6.45) is 2.90. The molecule has 0 saturated carbocycles. The number of halogens is 1. The van der Waals surface area contributed by atoms with E-state index in [1.54, 1.807) is 7.05 Å². The summed E-state index contributed by atoms with van der Waals surface area (Å²) in [4.78, 5) is 21.3. The summed E-state index contributed by atoms with van der Waals surface area (Å²) < 4.78 is 11.1. The summed E-state index contributed by atoms with van der Waals surface area (Å²) in [5.74, 6) is 0.765. The van der Waals surface area contributed by atoms with Gasteiger partial charge in [-0.25, -0.2) is 4.79 Å². The summed E-state index contributed by atoms with van der Waals surface area (Å²) in [5.41, 5.74) is -0.468. The number of carbonyl (C=O) groups is 1. The van der Waals surface area contributed by atoms with Crippen LogP contribution in [0.5, 0.6) is 0 Å². The second-order valence-electron chi connectivity index (χ2n) is 9.54. The number of morpholine rings is 1. The van der Waals surface area contributed by atoms with Crippen molar-refractivity contribution < 1.29 is 14.3 Å². The van der Waals surface area contributed by atoms with Crippen LogP contribution in [0.4, 0.5) is 4.79 Å². The van der Waals surface area contributed by atoms with Crippen LogP contribution in [0.25, 0.3) is 0 Å². The molecule has 2 saturated heterocycles. The monoisotopic (exact) mass is 539 g/mol. The van der Waals surface area contributed by atoms with Crippen molar-refractivity contribution >= 4 is 36.0 Å². The Hall–Kier alpha value is -0.810. The van der Waals surface area contributed by atoms with Crippen LogP contribution in [-0.4, -0.2) is 92.0 Å². The molecule has 0 spiro atoms. The van der Waals surface area contributed by atoms with Crippen LogP contribution in [0.2, 0.25) is 0 Å². The Bertz CT molecular complexity index is 559. The third-order valence-corrected chi connectivity index (χ3v) is 5.54. The maximum Gasteiger partial charge on any atom is 0.410 e. The average molecular weight is 540 g/mol. The van der Waals surface area contributed by atoms with Crippen LogP contribution in [-0.2, 0) is 9.47 Å². The first-order valence-corrected chi connectivity index (χ1v) is 10.9. The molecule has 30 heavy (non-hydrogen) atoms. The molecular weight excluding hydrogens is 497 g/mol. The lowest BCUT2D eigenvalue weighted by molar-refractivity contribution is -0.00836. The van der Waals surface area contributed by atoms with E-state index in [2.05, 4.69) is 34.4 Å². The zero-order valence-electron chi connectivity index (χ0n) is 19.6. The normalized spacial score (nSPS) is 21.6. The van der Waals surface area contributed by atoms with Gasteiger partial charge in [0.2, 0.25) is 0 Å². The molecule has 0 aromatic carbocycles. The minimum atomic E-state index is -0.477. The van der Waals surface area contributed by atoms with Crippen molar-refractivity contribution in [3.8, 4) is 0 Å². The molecule has 176 valence electrons. The lowest BCUT2D eigenvalue weighted by Crippen LogP contribution is -2.57. The SMILES string of the molecule is CN=C(NCC1CCCCN1C(=O)OC(C)(C)C)NCC(C)(C)N1CCOCC1.I. The molecule has 2 N–H and O–H groups in total. The Balaban J connectivity index is 0.00000450. The highest BCUT2D eigenvalue weighted by molar-refractivity contribution is 14.0. The molecule has 0 radical (unpaired) electrons. The van der Waals surface area contributed by atoms with E-state index in [4.69, 9.17) is 9.47 Å². The zero-order chi connectivity index (χ0) is 21.5. The van der Waals surface area contributed by atoms with E-state index in [1.165, 1.54) is 0 Å². The molecule has 0 bridgehead atoms.